The van der Waals surface area contributed by atoms with Gasteiger partial charge in [-0.25, -0.2) is 0 Å². The lowest BCUT2D eigenvalue weighted by atomic mass is 10.1. The van der Waals surface area contributed by atoms with Crippen molar-refractivity contribution in [3.63, 3.8) is 0 Å². The normalized spacial score (nSPS) is 10.3. The summed E-state index contributed by atoms with van der Waals surface area (Å²) in [5.41, 5.74) is 3.70. The Morgan fingerprint density at radius 3 is 2.46 bits per heavy atom. The molecule has 0 radical (unpaired) electrons. The molecule has 0 unspecified atom stereocenters. The molecule has 0 aliphatic rings. The molecule has 0 aliphatic carbocycles. The van der Waals surface area contributed by atoms with Gasteiger partial charge in [0, 0.05) is 24.2 Å². The second-order valence-electron chi connectivity index (χ2n) is 5.81. The Hall–Kier alpha value is -2.33. The highest BCUT2D eigenvalue weighted by molar-refractivity contribution is 6.31. The first-order valence-corrected chi connectivity index (χ1v) is 8.10. The van der Waals surface area contributed by atoms with Gasteiger partial charge in [0.15, 0.2) is 0 Å². The van der Waals surface area contributed by atoms with Crippen LogP contribution in [0.1, 0.15) is 23.6 Å². The van der Waals surface area contributed by atoms with E-state index in [1.807, 2.05) is 44.2 Å². The van der Waals surface area contributed by atoms with Crippen molar-refractivity contribution in [2.45, 2.75) is 27.3 Å². The van der Waals surface area contributed by atoms with Gasteiger partial charge in [-0.2, -0.15) is 0 Å². The molecule has 0 aliphatic heterocycles. The van der Waals surface area contributed by atoms with Gasteiger partial charge in [-0.05, 0) is 42.7 Å². The Kier molecular flexibility index (Phi) is 5.99. The molecule has 2 aromatic carbocycles. The molecule has 0 heterocycles. The van der Waals surface area contributed by atoms with Crippen LogP contribution in [0.2, 0.25) is 5.02 Å². The van der Waals surface area contributed by atoms with E-state index in [9.17, 15) is 9.59 Å². The second kappa shape index (κ2) is 7.97. The molecule has 1 N–H and O–H groups in total. The zero-order valence-corrected chi connectivity index (χ0v) is 14.9. The fraction of sp³-hybridized carbons (Fsp3) is 0.263. The third kappa shape index (κ3) is 4.83. The fourth-order valence-electron chi connectivity index (χ4n) is 2.36. The topological polar surface area (TPSA) is 49.4 Å². The minimum absolute atomic E-state index is 0.00434. The monoisotopic (exact) mass is 344 g/mol. The Morgan fingerprint density at radius 2 is 1.79 bits per heavy atom. The van der Waals surface area contributed by atoms with E-state index in [0.29, 0.717) is 17.3 Å². The number of benzene rings is 2. The van der Waals surface area contributed by atoms with E-state index in [2.05, 4.69) is 5.32 Å². The van der Waals surface area contributed by atoms with Crippen LogP contribution in [0.4, 0.5) is 5.69 Å². The number of aryl methyl sites for hydroxylation is 2. The Bertz CT molecular complexity index is 759. The molecule has 0 spiro atoms. The molecule has 2 rings (SSSR count). The number of carbonyl (C=O) groups excluding carboxylic acids is 2. The lowest BCUT2D eigenvalue weighted by Gasteiger charge is -2.22. The van der Waals surface area contributed by atoms with Gasteiger partial charge in [0.25, 0.3) is 0 Å². The molecule has 2 amide bonds. The van der Waals surface area contributed by atoms with Gasteiger partial charge in [-0.3, -0.25) is 9.59 Å². The maximum absolute atomic E-state index is 12.3. The van der Waals surface area contributed by atoms with Crippen LogP contribution in [0.25, 0.3) is 0 Å². The first kappa shape index (κ1) is 18.0. The summed E-state index contributed by atoms with van der Waals surface area (Å²) >= 11 is 5.97. The second-order valence-corrected chi connectivity index (χ2v) is 6.25. The molecular formula is C19H21ClN2O2. The molecule has 0 saturated carbocycles. The quantitative estimate of drug-likeness (QED) is 0.893. The molecule has 0 bridgehead atoms. The van der Waals surface area contributed by atoms with Gasteiger partial charge < -0.3 is 10.2 Å². The average molecular weight is 345 g/mol. The maximum Gasteiger partial charge on any atom is 0.244 e. The predicted octanol–water partition coefficient (Wildman–Crippen LogP) is 3.94. The molecule has 2 aromatic rings. The minimum atomic E-state index is -0.246. The van der Waals surface area contributed by atoms with Crippen LogP contribution in [-0.4, -0.2) is 23.3 Å². The van der Waals surface area contributed by atoms with Crippen LogP contribution in [0.3, 0.4) is 0 Å². The Balaban J connectivity index is 2.07. The maximum atomic E-state index is 12.3. The summed E-state index contributed by atoms with van der Waals surface area (Å²) < 4.78 is 0. The van der Waals surface area contributed by atoms with E-state index in [0.717, 1.165) is 16.7 Å². The summed E-state index contributed by atoms with van der Waals surface area (Å²) in [7, 11) is 0. The number of nitrogens with zero attached hydrogens (tertiary/aromatic N) is 1. The van der Waals surface area contributed by atoms with Crippen LogP contribution < -0.4 is 5.32 Å². The summed E-state index contributed by atoms with van der Waals surface area (Å²) in [6.45, 7) is 5.75. The highest BCUT2D eigenvalue weighted by Gasteiger charge is 2.15. The van der Waals surface area contributed by atoms with Crippen molar-refractivity contribution >= 4 is 29.1 Å². The molecular weight excluding hydrogens is 324 g/mol. The number of anilines is 1. The first-order valence-electron chi connectivity index (χ1n) is 7.73. The summed E-state index contributed by atoms with van der Waals surface area (Å²) in [5, 5.41) is 3.37. The van der Waals surface area contributed by atoms with Crippen molar-refractivity contribution in [1.82, 2.24) is 4.90 Å². The summed E-state index contributed by atoms with van der Waals surface area (Å²) in [6.07, 6.45) is 0. The van der Waals surface area contributed by atoms with E-state index in [4.69, 9.17) is 11.6 Å². The highest BCUT2D eigenvalue weighted by Crippen LogP contribution is 2.20. The number of carbonyl (C=O) groups is 2. The SMILES string of the molecule is CC(=O)N(CC(=O)Nc1cc(Cl)ccc1C)Cc1ccccc1C. The van der Waals surface area contributed by atoms with Crippen molar-refractivity contribution in [2.75, 3.05) is 11.9 Å². The summed E-state index contributed by atoms with van der Waals surface area (Å²) in [4.78, 5) is 25.7. The molecule has 0 aromatic heterocycles. The number of amides is 2. The van der Waals surface area contributed by atoms with Crippen molar-refractivity contribution < 1.29 is 9.59 Å². The molecule has 0 fully saturated rings. The third-order valence-electron chi connectivity index (χ3n) is 3.88. The molecule has 4 nitrogen and oxygen atoms in total. The van der Waals surface area contributed by atoms with Gasteiger partial charge in [0.2, 0.25) is 11.8 Å². The highest BCUT2D eigenvalue weighted by atomic mass is 35.5. The molecule has 0 atom stereocenters. The van der Waals surface area contributed by atoms with E-state index >= 15 is 0 Å². The molecule has 0 saturated heterocycles. The van der Waals surface area contributed by atoms with Crippen molar-refractivity contribution in [1.29, 1.82) is 0 Å². The van der Waals surface area contributed by atoms with Crippen molar-refractivity contribution in [2.24, 2.45) is 0 Å². The number of rotatable bonds is 5. The number of hydrogen-bond acceptors (Lipinski definition) is 2. The van der Waals surface area contributed by atoms with Gasteiger partial charge in [-0.15, -0.1) is 0 Å². The van der Waals surface area contributed by atoms with Gasteiger partial charge in [0.05, 0.1) is 0 Å². The van der Waals surface area contributed by atoms with Gasteiger partial charge in [-0.1, -0.05) is 41.9 Å². The third-order valence-corrected chi connectivity index (χ3v) is 4.11. The standard InChI is InChI=1S/C19H21ClN2O2/c1-13-6-4-5-7-16(13)11-22(15(3)23)12-19(24)21-18-10-17(20)9-8-14(18)2/h4-10H,11-12H2,1-3H3,(H,21,24). The van der Waals surface area contributed by atoms with Crippen LogP contribution in [-0.2, 0) is 16.1 Å². The van der Waals surface area contributed by atoms with Gasteiger partial charge >= 0.3 is 0 Å². The van der Waals surface area contributed by atoms with Crippen molar-refractivity contribution in [3.05, 3.63) is 64.2 Å². The lowest BCUT2D eigenvalue weighted by Crippen LogP contribution is -2.36. The van der Waals surface area contributed by atoms with Crippen molar-refractivity contribution in [3.8, 4) is 0 Å². The molecule has 126 valence electrons. The van der Waals surface area contributed by atoms with Crippen LogP contribution in [0.15, 0.2) is 42.5 Å². The average Bonchev–Trinajstić information content (AvgIpc) is 2.52. The zero-order valence-electron chi connectivity index (χ0n) is 14.1. The molecule has 5 heteroatoms. The predicted molar refractivity (Wildman–Crippen MR) is 97.1 cm³/mol. The minimum Gasteiger partial charge on any atom is -0.329 e. The van der Waals surface area contributed by atoms with Gasteiger partial charge in [0.1, 0.15) is 6.54 Å². The Labute approximate surface area is 147 Å². The largest absolute Gasteiger partial charge is 0.329 e. The Morgan fingerprint density at radius 1 is 1.08 bits per heavy atom. The summed E-state index contributed by atoms with van der Waals surface area (Å²) in [5.74, 6) is -0.389. The van der Waals surface area contributed by atoms with E-state index in [-0.39, 0.29) is 18.4 Å². The summed E-state index contributed by atoms with van der Waals surface area (Å²) in [6, 6.07) is 13.1. The number of halogens is 1. The van der Waals surface area contributed by atoms with Crippen LogP contribution in [0.5, 0.6) is 0 Å². The van der Waals surface area contributed by atoms with Crippen LogP contribution >= 0.6 is 11.6 Å². The zero-order chi connectivity index (χ0) is 17.7. The van der Waals surface area contributed by atoms with Crippen LogP contribution in [0, 0.1) is 13.8 Å². The number of nitrogens with one attached hydrogen (secondary N) is 1. The molecule has 24 heavy (non-hydrogen) atoms. The van der Waals surface area contributed by atoms with E-state index < -0.39 is 0 Å². The van der Waals surface area contributed by atoms with E-state index in [1.54, 1.807) is 12.1 Å². The number of hydrogen-bond donors (Lipinski definition) is 1. The smallest absolute Gasteiger partial charge is 0.244 e. The fourth-order valence-corrected chi connectivity index (χ4v) is 2.54. The lowest BCUT2D eigenvalue weighted by molar-refractivity contribution is -0.133. The first-order chi connectivity index (χ1) is 11.4. The van der Waals surface area contributed by atoms with E-state index in [1.165, 1.54) is 11.8 Å².